The lowest BCUT2D eigenvalue weighted by molar-refractivity contribution is -0.153. The minimum atomic E-state index is -4.57. The van der Waals surface area contributed by atoms with Crippen molar-refractivity contribution in [3.8, 4) is 17.2 Å². The summed E-state index contributed by atoms with van der Waals surface area (Å²) in [6.07, 6.45) is -5.58. The summed E-state index contributed by atoms with van der Waals surface area (Å²) in [4.78, 5) is 53.8. The third-order valence-corrected chi connectivity index (χ3v) is 8.76. The first kappa shape index (κ1) is 35.5. The van der Waals surface area contributed by atoms with Crippen molar-refractivity contribution in [1.82, 2.24) is 19.4 Å². The number of amides is 3. The summed E-state index contributed by atoms with van der Waals surface area (Å²) in [5.41, 5.74) is 5.00. The normalized spacial score (nSPS) is 13.4. The van der Waals surface area contributed by atoms with Crippen molar-refractivity contribution in [3.05, 3.63) is 109 Å². The van der Waals surface area contributed by atoms with Gasteiger partial charge in [0.05, 0.1) is 22.9 Å². The number of aromatic nitrogens is 2. The minimum Gasteiger partial charge on any atom is -0.484 e. The van der Waals surface area contributed by atoms with Crippen LogP contribution >= 0.6 is 27.5 Å². The SMILES string of the molecule is C[C@@H](Oc1ccc(CNC(=O)c2c3n(c(=O)n2-c2ccc(OCC(F)(F)F)cc2)CCN(C(=O)c2ccc(Br)c(Cl)c2)C3)c(F)c1)C(N)=O. The summed E-state index contributed by atoms with van der Waals surface area (Å²) in [5, 5.41) is 2.91. The van der Waals surface area contributed by atoms with Gasteiger partial charge in [0.25, 0.3) is 17.7 Å². The van der Waals surface area contributed by atoms with Crippen LogP contribution in [-0.2, 0) is 24.4 Å². The Morgan fingerprint density at radius 1 is 1.04 bits per heavy atom. The topological polar surface area (TPSA) is 138 Å². The first-order valence-electron chi connectivity index (χ1n) is 14.5. The number of fused-ring (bicyclic) bond motifs is 1. The van der Waals surface area contributed by atoms with Crippen LogP contribution in [0.5, 0.6) is 11.5 Å². The fourth-order valence-corrected chi connectivity index (χ4v) is 5.47. The van der Waals surface area contributed by atoms with E-state index in [9.17, 15) is 36.7 Å². The van der Waals surface area contributed by atoms with Gasteiger partial charge in [-0.25, -0.2) is 9.18 Å². The average molecular weight is 769 g/mol. The lowest BCUT2D eigenvalue weighted by Crippen LogP contribution is -2.41. The quantitative estimate of drug-likeness (QED) is 0.219. The van der Waals surface area contributed by atoms with Gasteiger partial charge in [-0.3, -0.25) is 23.5 Å². The summed E-state index contributed by atoms with van der Waals surface area (Å²) in [6, 6.07) is 13.5. The summed E-state index contributed by atoms with van der Waals surface area (Å²) >= 11 is 9.48. The van der Waals surface area contributed by atoms with E-state index in [1.54, 1.807) is 12.1 Å². The van der Waals surface area contributed by atoms with Crippen LogP contribution in [0.15, 0.2) is 69.9 Å². The average Bonchev–Trinajstić information content (AvgIpc) is 3.35. The highest BCUT2D eigenvalue weighted by atomic mass is 79.9. The van der Waals surface area contributed by atoms with Crippen LogP contribution in [0.25, 0.3) is 5.69 Å². The van der Waals surface area contributed by atoms with Gasteiger partial charge in [-0.15, -0.1) is 0 Å². The molecule has 3 N–H and O–H groups in total. The van der Waals surface area contributed by atoms with Crippen molar-refractivity contribution in [2.45, 2.75) is 38.8 Å². The van der Waals surface area contributed by atoms with E-state index in [1.807, 2.05) is 0 Å². The molecule has 3 amide bonds. The lowest BCUT2D eigenvalue weighted by Gasteiger charge is -2.28. The molecule has 11 nitrogen and oxygen atoms in total. The summed E-state index contributed by atoms with van der Waals surface area (Å²) in [6.45, 7) is -0.491. The van der Waals surface area contributed by atoms with Crippen molar-refractivity contribution < 1.29 is 41.4 Å². The molecule has 0 saturated carbocycles. The van der Waals surface area contributed by atoms with Crippen molar-refractivity contribution in [2.75, 3.05) is 13.2 Å². The predicted molar refractivity (Wildman–Crippen MR) is 172 cm³/mol. The summed E-state index contributed by atoms with van der Waals surface area (Å²) in [7, 11) is 0. The molecule has 0 spiro atoms. The van der Waals surface area contributed by atoms with E-state index in [4.69, 9.17) is 26.8 Å². The Kier molecular flexibility index (Phi) is 10.4. The molecule has 258 valence electrons. The van der Waals surface area contributed by atoms with E-state index in [1.165, 1.54) is 58.9 Å². The molecular weight excluding hydrogens is 742 g/mol. The van der Waals surface area contributed by atoms with Crippen LogP contribution in [0.1, 0.15) is 39.0 Å². The number of nitrogens with two attached hydrogens (primary N) is 1. The molecule has 1 aliphatic heterocycles. The number of carbonyl (C=O) groups is 3. The minimum absolute atomic E-state index is 0.0179. The number of benzene rings is 3. The predicted octanol–water partition coefficient (Wildman–Crippen LogP) is 4.97. The number of ether oxygens (including phenoxy) is 2. The van der Waals surface area contributed by atoms with Crippen LogP contribution < -0.4 is 26.2 Å². The number of halogens is 6. The van der Waals surface area contributed by atoms with E-state index in [0.29, 0.717) is 9.50 Å². The van der Waals surface area contributed by atoms with Crippen LogP contribution in [0, 0.1) is 5.82 Å². The third-order valence-electron chi connectivity index (χ3n) is 7.52. The fraction of sp³-hybridized carbons (Fsp3) is 0.250. The molecule has 0 radical (unpaired) electrons. The third kappa shape index (κ3) is 8.08. The maximum atomic E-state index is 15.0. The van der Waals surface area contributed by atoms with E-state index >= 15 is 0 Å². The highest BCUT2D eigenvalue weighted by molar-refractivity contribution is 9.10. The molecule has 5 rings (SSSR count). The monoisotopic (exact) mass is 767 g/mol. The standard InChI is InChI=1S/C32H27BrClF4N5O6/c1-17(28(39)44)49-22-6-2-19(25(35)13-22)14-40-29(45)27-26-15-41(30(46)18-3-9-23(33)24(34)12-18)10-11-42(26)31(47)43(27)20-4-7-21(8-5-20)48-16-32(36,37)38/h2-9,12-13,17H,10-11,14-16H2,1H3,(H2,39,44)(H,40,45)/t17-/m1/s1. The molecule has 0 aliphatic carbocycles. The zero-order valence-corrected chi connectivity index (χ0v) is 27.9. The van der Waals surface area contributed by atoms with Crippen LogP contribution in [0.4, 0.5) is 17.6 Å². The molecule has 2 heterocycles. The molecule has 1 aliphatic rings. The number of rotatable bonds is 10. The molecule has 0 bridgehead atoms. The van der Waals surface area contributed by atoms with Gasteiger partial charge in [0.2, 0.25) is 0 Å². The van der Waals surface area contributed by atoms with Gasteiger partial charge >= 0.3 is 11.9 Å². The molecule has 1 aromatic heterocycles. The van der Waals surface area contributed by atoms with Crippen molar-refractivity contribution in [2.24, 2.45) is 5.73 Å². The maximum absolute atomic E-state index is 15.0. The van der Waals surface area contributed by atoms with Gasteiger partial charge in [0.15, 0.2) is 12.7 Å². The van der Waals surface area contributed by atoms with Gasteiger partial charge < -0.3 is 25.4 Å². The zero-order valence-electron chi connectivity index (χ0n) is 25.5. The smallest absolute Gasteiger partial charge is 0.422 e. The van der Waals surface area contributed by atoms with Crippen molar-refractivity contribution in [1.29, 1.82) is 0 Å². The van der Waals surface area contributed by atoms with Gasteiger partial charge in [-0.05, 0) is 71.4 Å². The van der Waals surface area contributed by atoms with E-state index in [0.717, 1.165) is 10.6 Å². The second-order valence-electron chi connectivity index (χ2n) is 10.9. The van der Waals surface area contributed by atoms with Gasteiger partial charge in [0, 0.05) is 41.3 Å². The number of nitrogens with one attached hydrogen (secondary N) is 1. The van der Waals surface area contributed by atoms with Crippen molar-refractivity contribution >= 4 is 45.3 Å². The molecule has 49 heavy (non-hydrogen) atoms. The van der Waals surface area contributed by atoms with E-state index in [-0.39, 0.29) is 65.9 Å². The Hall–Kier alpha value is -4.83. The van der Waals surface area contributed by atoms with E-state index in [2.05, 4.69) is 21.2 Å². The number of alkyl halides is 3. The van der Waals surface area contributed by atoms with Crippen LogP contribution in [0.2, 0.25) is 5.02 Å². The van der Waals surface area contributed by atoms with Crippen LogP contribution in [0.3, 0.4) is 0 Å². The van der Waals surface area contributed by atoms with Crippen molar-refractivity contribution in [3.63, 3.8) is 0 Å². The lowest BCUT2D eigenvalue weighted by atomic mass is 10.1. The number of imidazole rings is 1. The molecule has 1 atom stereocenters. The largest absolute Gasteiger partial charge is 0.484 e. The molecule has 3 aromatic carbocycles. The Balaban J connectivity index is 1.47. The Bertz CT molecular complexity index is 1980. The van der Waals surface area contributed by atoms with Crippen LogP contribution in [-0.4, -0.2) is 57.2 Å². The second kappa shape index (κ2) is 14.3. The summed E-state index contributed by atoms with van der Waals surface area (Å²) in [5.74, 6) is -2.80. The number of hydrogen-bond acceptors (Lipinski definition) is 6. The molecule has 17 heteroatoms. The zero-order chi connectivity index (χ0) is 35.6. The van der Waals surface area contributed by atoms with Gasteiger partial charge in [-0.1, -0.05) is 17.7 Å². The Morgan fingerprint density at radius 2 is 1.73 bits per heavy atom. The molecule has 4 aromatic rings. The number of hydrogen-bond donors (Lipinski definition) is 2. The highest BCUT2D eigenvalue weighted by Crippen LogP contribution is 2.27. The fourth-order valence-electron chi connectivity index (χ4n) is 5.04. The molecule has 0 fully saturated rings. The van der Waals surface area contributed by atoms with E-state index < -0.39 is 48.1 Å². The number of carbonyl (C=O) groups excluding carboxylic acids is 3. The second-order valence-corrected chi connectivity index (χ2v) is 12.2. The summed E-state index contributed by atoms with van der Waals surface area (Å²) < 4.78 is 66.0. The highest BCUT2D eigenvalue weighted by Gasteiger charge is 2.33. The van der Waals surface area contributed by atoms with Gasteiger partial charge in [-0.2, -0.15) is 13.2 Å². The molecule has 0 saturated heterocycles. The number of primary amides is 1. The first-order valence-corrected chi connectivity index (χ1v) is 15.7. The Morgan fingerprint density at radius 3 is 2.37 bits per heavy atom. The Labute approximate surface area is 289 Å². The molecular formula is C32H27BrClF4N5O6. The van der Waals surface area contributed by atoms with Gasteiger partial charge in [0.1, 0.15) is 23.0 Å². The number of nitrogens with zero attached hydrogens (tertiary/aromatic N) is 3. The molecule has 0 unspecified atom stereocenters. The maximum Gasteiger partial charge on any atom is 0.422 e. The first-order chi connectivity index (χ1) is 23.1.